The van der Waals surface area contributed by atoms with Crippen molar-refractivity contribution in [2.24, 2.45) is 0 Å². The van der Waals surface area contributed by atoms with Gasteiger partial charge in [0.2, 0.25) is 0 Å². The lowest BCUT2D eigenvalue weighted by molar-refractivity contribution is 0.0589. The third kappa shape index (κ3) is 4.74. The van der Waals surface area contributed by atoms with Crippen LogP contribution in [0.4, 0.5) is 10.5 Å². The van der Waals surface area contributed by atoms with Crippen LogP contribution in [0, 0.1) is 0 Å². The second-order valence-electron chi connectivity index (χ2n) is 6.70. The molecule has 1 heterocycles. The molecule has 1 unspecified atom stereocenters. The highest BCUT2D eigenvalue weighted by Crippen LogP contribution is 2.19. The van der Waals surface area contributed by atoms with Gasteiger partial charge < -0.3 is 10.1 Å². The van der Waals surface area contributed by atoms with Crippen LogP contribution >= 0.6 is 0 Å². The summed E-state index contributed by atoms with van der Waals surface area (Å²) < 4.78 is 5.37. The fraction of sp³-hybridized carbons (Fsp3) is 0.588. The predicted molar refractivity (Wildman–Crippen MR) is 85.8 cm³/mol. The van der Waals surface area contributed by atoms with Crippen LogP contribution in [0.1, 0.15) is 39.2 Å². The van der Waals surface area contributed by atoms with E-state index in [4.69, 9.17) is 4.74 Å². The molecule has 21 heavy (non-hydrogen) atoms. The summed E-state index contributed by atoms with van der Waals surface area (Å²) in [6, 6.07) is 8.74. The Labute approximate surface area is 127 Å². The number of amides is 1. The van der Waals surface area contributed by atoms with E-state index in [-0.39, 0.29) is 6.09 Å². The Kier molecular flexibility index (Phi) is 4.88. The number of hydrogen-bond acceptors (Lipinski definition) is 3. The lowest BCUT2D eigenvalue weighted by Gasteiger charge is -2.24. The molecule has 4 nitrogen and oxygen atoms in total. The molecule has 1 aliphatic rings. The van der Waals surface area contributed by atoms with Crippen molar-refractivity contribution in [2.45, 2.75) is 51.7 Å². The van der Waals surface area contributed by atoms with Crippen LogP contribution in [0.3, 0.4) is 0 Å². The number of ether oxygens (including phenoxy) is 1. The van der Waals surface area contributed by atoms with Crippen LogP contribution in [-0.4, -0.2) is 31.3 Å². The number of carbonyl (C=O) groups excluding carboxylic acids is 1. The Morgan fingerprint density at radius 3 is 2.52 bits per heavy atom. The van der Waals surface area contributed by atoms with Crippen LogP contribution in [0.5, 0.6) is 0 Å². The van der Waals surface area contributed by atoms with E-state index in [0.717, 1.165) is 18.7 Å². The van der Waals surface area contributed by atoms with Gasteiger partial charge in [-0.05, 0) is 64.3 Å². The standard InChI is InChI=1S/C17H26N2O2/c1-17(2,3)21-16(20)19(4)15-9-7-13(8-10-15)12-14-6-5-11-18-14/h7-10,14,18H,5-6,11-12H2,1-4H3. The van der Waals surface area contributed by atoms with Gasteiger partial charge in [0, 0.05) is 18.8 Å². The summed E-state index contributed by atoms with van der Waals surface area (Å²) in [5.41, 5.74) is 1.68. The monoisotopic (exact) mass is 290 g/mol. The van der Waals surface area contributed by atoms with E-state index in [2.05, 4.69) is 17.4 Å². The number of carbonyl (C=O) groups is 1. The number of rotatable bonds is 3. The lowest BCUT2D eigenvalue weighted by Crippen LogP contribution is -2.34. The summed E-state index contributed by atoms with van der Waals surface area (Å²) in [6.07, 6.45) is 3.24. The second kappa shape index (κ2) is 6.48. The number of benzene rings is 1. The first-order valence-corrected chi connectivity index (χ1v) is 7.64. The Balaban J connectivity index is 1.95. The third-order valence-corrected chi connectivity index (χ3v) is 3.64. The summed E-state index contributed by atoms with van der Waals surface area (Å²) in [5, 5.41) is 3.50. The zero-order chi connectivity index (χ0) is 15.5. The lowest BCUT2D eigenvalue weighted by atomic mass is 10.0. The molecule has 1 aromatic rings. The van der Waals surface area contributed by atoms with E-state index in [1.54, 1.807) is 11.9 Å². The van der Waals surface area contributed by atoms with Crippen molar-refractivity contribution in [1.29, 1.82) is 0 Å². The highest BCUT2D eigenvalue weighted by molar-refractivity contribution is 5.87. The van der Waals surface area contributed by atoms with Gasteiger partial charge in [0.25, 0.3) is 0 Å². The predicted octanol–water partition coefficient (Wildman–Crippen LogP) is 3.35. The zero-order valence-corrected chi connectivity index (χ0v) is 13.5. The molecule has 1 amide bonds. The van der Waals surface area contributed by atoms with Gasteiger partial charge in [-0.15, -0.1) is 0 Å². The average molecular weight is 290 g/mol. The molecule has 1 aliphatic heterocycles. The molecule has 0 aromatic heterocycles. The molecule has 0 radical (unpaired) electrons. The minimum absolute atomic E-state index is 0.326. The number of anilines is 1. The summed E-state index contributed by atoms with van der Waals surface area (Å²) in [6.45, 7) is 6.74. The first-order valence-electron chi connectivity index (χ1n) is 7.64. The van der Waals surface area contributed by atoms with Crippen LogP contribution in [0.25, 0.3) is 0 Å². The van der Waals surface area contributed by atoms with E-state index < -0.39 is 5.60 Å². The van der Waals surface area contributed by atoms with Gasteiger partial charge in [0.05, 0.1) is 0 Å². The van der Waals surface area contributed by atoms with E-state index in [9.17, 15) is 4.79 Å². The van der Waals surface area contributed by atoms with Crippen molar-refractivity contribution in [2.75, 3.05) is 18.5 Å². The fourth-order valence-electron chi connectivity index (χ4n) is 2.51. The maximum absolute atomic E-state index is 12.0. The summed E-state index contributed by atoms with van der Waals surface area (Å²) in [4.78, 5) is 13.6. The quantitative estimate of drug-likeness (QED) is 0.928. The summed E-state index contributed by atoms with van der Waals surface area (Å²) >= 11 is 0. The van der Waals surface area contributed by atoms with Crippen LogP contribution in [0.2, 0.25) is 0 Å². The average Bonchev–Trinajstić information content (AvgIpc) is 2.90. The molecule has 0 aliphatic carbocycles. The molecule has 0 bridgehead atoms. The Morgan fingerprint density at radius 2 is 2.00 bits per heavy atom. The first-order chi connectivity index (χ1) is 9.85. The molecule has 1 aromatic carbocycles. The summed E-state index contributed by atoms with van der Waals surface area (Å²) in [5.74, 6) is 0. The van der Waals surface area contributed by atoms with Crippen LogP contribution < -0.4 is 10.2 Å². The first kappa shape index (κ1) is 15.8. The van der Waals surface area contributed by atoms with Crippen LogP contribution in [-0.2, 0) is 11.2 Å². The van der Waals surface area contributed by atoms with Gasteiger partial charge >= 0.3 is 6.09 Å². The largest absolute Gasteiger partial charge is 0.443 e. The molecule has 1 N–H and O–H groups in total. The van der Waals surface area contributed by atoms with Crippen molar-refractivity contribution in [1.82, 2.24) is 5.32 Å². The molecule has 0 spiro atoms. The van der Waals surface area contributed by atoms with Gasteiger partial charge in [-0.1, -0.05) is 12.1 Å². The van der Waals surface area contributed by atoms with Gasteiger partial charge in [-0.3, -0.25) is 4.90 Å². The second-order valence-corrected chi connectivity index (χ2v) is 6.70. The number of hydrogen-bond donors (Lipinski definition) is 1. The molecule has 1 atom stereocenters. The maximum Gasteiger partial charge on any atom is 0.414 e. The van der Waals surface area contributed by atoms with Crippen molar-refractivity contribution in [3.8, 4) is 0 Å². The van der Waals surface area contributed by atoms with Crippen molar-refractivity contribution in [3.63, 3.8) is 0 Å². The Morgan fingerprint density at radius 1 is 1.33 bits per heavy atom. The Bertz CT molecular complexity index is 471. The third-order valence-electron chi connectivity index (χ3n) is 3.64. The van der Waals surface area contributed by atoms with Gasteiger partial charge in [-0.25, -0.2) is 4.79 Å². The fourth-order valence-corrected chi connectivity index (χ4v) is 2.51. The van der Waals surface area contributed by atoms with Gasteiger partial charge in [-0.2, -0.15) is 0 Å². The highest BCUT2D eigenvalue weighted by atomic mass is 16.6. The zero-order valence-electron chi connectivity index (χ0n) is 13.5. The van der Waals surface area contributed by atoms with E-state index in [0.29, 0.717) is 6.04 Å². The molecule has 1 saturated heterocycles. The maximum atomic E-state index is 12.0. The molecular formula is C17H26N2O2. The molecule has 1 fully saturated rings. The van der Waals surface area contributed by atoms with Crippen molar-refractivity contribution < 1.29 is 9.53 Å². The normalized spacial score (nSPS) is 18.6. The van der Waals surface area contributed by atoms with Crippen molar-refractivity contribution >= 4 is 11.8 Å². The summed E-state index contributed by atoms with van der Waals surface area (Å²) in [7, 11) is 1.74. The Hall–Kier alpha value is -1.55. The van der Waals surface area contributed by atoms with E-state index in [1.807, 2.05) is 32.9 Å². The number of nitrogens with one attached hydrogen (secondary N) is 1. The minimum atomic E-state index is -0.473. The van der Waals surface area contributed by atoms with E-state index in [1.165, 1.54) is 18.4 Å². The van der Waals surface area contributed by atoms with Gasteiger partial charge in [0.1, 0.15) is 5.60 Å². The molecule has 4 heteroatoms. The molecule has 0 saturated carbocycles. The number of nitrogens with zero attached hydrogens (tertiary/aromatic N) is 1. The topological polar surface area (TPSA) is 41.6 Å². The molecular weight excluding hydrogens is 264 g/mol. The van der Waals surface area contributed by atoms with Crippen molar-refractivity contribution in [3.05, 3.63) is 29.8 Å². The molecule has 2 rings (SSSR count). The van der Waals surface area contributed by atoms with Crippen LogP contribution in [0.15, 0.2) is 24.3 Å². The smallest absolute Gasteiger partial charge is 0.414 e. The molecule has 116 valence electrons. The SMILES string of the molecule is CN(C(=O)OC(C)(C)C)c1ccc(CC2CCCN2)cc1. The van der Waals surface area contributed by atoms with Gasteiger partial charge in [0.15, 0.2) is 0 Å². The highest BCUT2D eigenvalue weighted by Gasteiger charge is 2.20. The minimum Gasteiger partial charge on any atom is -0.443 e. The van der Waals surface area contributed by atoms with E-state index >= 15 is 0 Å².